The van der Waals surface area contributed by atoms with Crippen LogP contribution in [-0.4, -0.2) is 27.1 Å². The van der Waals surface area contributed by atoms with E-state index in [9.17, 15) is 0 Å². The molecule has 0 atom stereocenters. The summed E-state index contributed by atoms with van der Waals surface area (Å²) in [6.07, 6.45) is -0.326. The molecule has 0 heterocycles. The fourth-order valence-corrected chi connectivity index (χ4v) is 1.45. The molecule has 0 aliphatic rings. The molecule has 0 aromatic heterocycles. The zero-order valence-corrected chi connectivity index (χ0v) is 11.3. The van der Waals surface area contributed by atoms with Gasteiger partial charge in [-0.15, -0.1) is 0 Å². The van der Waals surface area contributed by atoms with Crippen LogP contribution in [0.1, 0.15) is 26.3 Å². The predicted molar refractivity (Wildman–Crippen MR) is 68.4 cm³/mol. The molecule has 0 N–H and O–H groups in total. The van der Waals surface area contributed by atoms with Gasteiger partial charge < -0.3 is 14.2 Å². The van der Waals surface area contributed by atoms with E-state index in [0.717, 1.165) is 5.75 Å². The normalized spacial score (nSPS) is 11.9. The fourth-order valence-electron chi connectivity index (χ4n) is 1.45. The molecule has 0 fully saturated rings. The molecule has 96 valence electrons. The second kappa shape index (κ2) is 6.03. The lowest BCUT2D eigenvalue weighted by molar-refractivity contribution is -0.121. The van der Waals surface area contributed by atoms with Crippen LogP contribution in [-0.2, 0) is 14.9 Å². The van der Waals surface area contributed by atoms with Crippen molar-refractivity contribution in [3.63, 3.8) is 0 Å². The molecule has 3 nitrogen and oxygen atoms in total. The molecular weight excluding hydrogens is 216 g/mol. The maximum absolute atomic E-state index is 5.64. The largest absolute Gasteiger partial charge is 0.488 e. The van der Waals surface area contributed by atoms with Gasteiger partial charge in [0.05, 0.1) is 0 Å². The standard InChI is InChI=1S/C14H22O3/c1-14(2,3)11-7-6-8-12(9-11)17-10-13(15-4)16-5/h6-9,13H,10H2,1-5H3. The van der Waals surface area contributed by atoms with E-state index in [1.807, 2.05) is 12.1 Å². The van der Waals surface area contributed by atoms with Crippen molar-refractivity contribution >= 4 is 0 Å². The second-order valence-corrected chi connectivity index (χ2v) is 4.99. The lowest BCUT2D eigenvalue weighted by atomic mass is 9.87. The van der Waals surface area contributed by atoms with Gasteiger partial charge in [0.25, 0.3) is 0 Å². The van der Waals surface area contributed by atoms with Gasteiger partial charge in [-0.05, 0) is 23.1 Å². The number of rotatable bonds is 5. The van der Waals surface area contributed by atoms with E-state index >= 15 is 0 Å². The molecule has 0 radical (unpaired) electrons. The third-order valence-corrected chi connectivity index (χ3v) is 2.61. The summed E-state index contributed by atoms with van der Waals surface area (Å²) < 4.78 is 15.8. The highest BCUT2D eigenvalue weighted by atomic mass is 16.7. The molecule has 0 amide bonds. The topological polar surface area (TPSA) is 27.7 Å². The minimum absolute atomic E-state index is 0.126. The second-order valence-electron chi connectivity index (χ2n) is 4.99. The van der Waals surface area contributed by atoms with Crippen LogP contribution in [0.15, 0.2) is 24.3 Å². The lowest BCUT2D eigenvalue weighted by Crippen LogP contribution is -2.22. The van der Waals surface area contributed by atoms with Gasteiger partial charge in [0, 0.05) is 14.2 Å². The molecule has 0 unspecified atom stereocenters. The maximum Gasteiger partial charge on any atom is 0.191 e. The van der Waals surface area contributed by atoms with Gasteiger partial charge in [-0.1, -0.05) is 32.9 Å². The average Bonchev–Trinajstić information content (AvgIpc) is 2.30. The Morgan fingerprint density at radius 3 is 2.29 bits per heavy atom. The Morgan fingerprint density at radius 1 is 1.12 bits per heavy atom. The number of hydrogen-bond donors (Lipinski definition) is 0. The SMILES string of the molecule is COC(COc1cccc(C(C)(C)C)c1)OC. The summed E-state index contributed by atoms with van der Waals surface area (Å²) in [5.41, 5.74) is 1.38. The molecule has 3 heteroatoms. The maximum atomic E-state index is 5.64. The van der Waals surface area contributed by atoms with Gasteiger partial charge >= 0.3 is 0 Å². The van der Waals surface area contributed by atoms with Crippen LogP contribution in [0.5, 0.6) is 5.75 Å². The van der Waals surface area contributed by atoms with Crippen LogP contribution < -0.4 is 4.74 Å². The van der Waals surface area contributed by atoms with E-state index in [2.05, 4.69) is 32.9 Å². The summed E-state index contributed by atoms with van der Waals surface area (Å²) in [5.74, 6) is 0.844. The smallest absolute Gasteiger partial charge is 0.191 e. The molecule has 17 heavy (non-hydrogen) atoms. The molecule has 0 bridgehead atoms. The van der Waals surface area contributed by atoms with Crippen LogP contribution in [0, 0.1) is 0 Å². The predicted octanol–water partition coefficient (Wildman–Crippen LogP) is 2.98. The van der Waals surface area contributed by atoms with E-state index < -0.39 is 0 Å². The van der Waals surface area contributed by atoms with Gasteiger partial charge in [0.2, 0.25) is 0 Å². The quantitative estimate of drug-likeness (QED) is 0.738. The summed E-state index contributed by atoms with van der Waals surface area (Å²) in [6, 6.07) is 8.11. The van der Waals surface area contributed by atoms with Crippen LogP contribution in [0.25, 0.3) is 0 Å². The van der Waals surface area contributed by atoms with Crippen molar-refractivity contribution in [3.8, 4) is 5.75 Å². The Balaban J connectivity index is 2.66. The van der Waals surface area contributed by atoms with Crippen LogP contribution >= 0.6 is 0 Å². The highest BCUT2D eigenvalue weighted by molar-refractivity contribution is 5.32. The third-order valence-electron chi connectivity index (χ3n) is 2.61. The third kappa shape index (κ3) is 4.36. The van der Waals surface area contributed by atoms with Crippen molar-refractivity contribution in [2.24, 2.45) is 0 Å². The summed E-state index contributed by atoms with van der Waals surface area (Å²) >= 11 is 0. The Morgan fingerprint density at radius 2 is 1.76 bits per heavy atom. The number of ether oxygens (including phenoxy) is 3. The summed E-state index contributed by atoms with van der Waals surface area (Å²) in [7, 11) is 3.20. The fraction of sp³-hybridized carbons (Fsp3) is 0.571. The molecule has 1 aromatic carbocycles. The van der Waals surface area contributed by atoms with E-state index in [4.69, 9.17) is 14.2 Å². The van der Waals surface area contributed by atoms with E-state index in [1.165, 1.54) is 5.56 Å². The van der Waals surface area contributed by atoms with Gasteiger partial charge in [0.15, 0.2) is 6.29 Å². The van der Waals surface area contributed by atoms with Crippen LogP contribution in [0.2, 0.25) is 0 Å². The van der Waals surface area contributed by atoms with Crippen LogP contribution in [0.3, 0.4) is 0 Å². The Hall–Kier alpha value is -1.06. The minimum atomic E-state index is -0.326. The van der Waals surface area contributed by atoms with Crippen molar-refractivity contribution in [1.29, 1.82) is 0 Å². The summed E-state index contributed by atoms with van der Waals surface area (Å²) in [5, 5.41) is 0. The summed E-state index contributed by atoms with van der Waals surface area (Å²) in [4.78, 5) is 0. The highest BCUT2D eigenvalue weighted by Crippen LogP contribution is 2.25. The first-order valence-corrected chi connectivity index (χ1v) is 5.76. The van der Waals surface area contributed by atoms with Crippen molar-refractivity contribution < 1.29 is 14.2 Å². The number of methoxy groups -OCH3 is 2. The lowest BCUT2D eigenvalue weighted by Gasteiger charge is -2.20. The minimum Gasteiger partial charge on any atom is -0.488 e. The highest BCUT2D eigenvalue weighted by Gasteiger charge is 2.14. The number of hydrogen-bond acceptors (Lipinski definition) is 3. The van der Waals surface area contributed by atoms with E-state index in [-0.39, 0.29) is 11.7 Å². The average molecular weight is 238 g/mol. The van der Waals surface area contributed by atoms with Gasteiger partial charge in [0.1, 0.15) is 12.4 Å². The first-order valence-electron chi connectivity index (χ1n) is 5.76. The Bertz CT molecular complexity index is 338. The molecule has 0 spiro atoms. The van der Waals surface area contributed by atoms with Gasteiger partial charge in [-0.25, -0.2) is 0 Å². The van der Waals surface area contributed by atoms with Gasteiger partial charge in [-0.2, -0.15) is 0 Å². The molecule has 1 rings (SSSR count). The first-order chi connectivity index (χ1) is 7.97. The molecule has 0 saturated heterocycles. The van der Waals surface area contributed by atoms with Crippen molar-refractivity contribution in [1.82, 2.24) is 0 Å². The zero-order valence-electron chi connectivity index (χ0n) is 11.3. The molecule has 0 aliphatic carbocycles. The van der Waals surface area contributed by atoms with Crippen molar-refractivity contribution in [2.75, 3.05) is 20.8 Å². The van der Waals surface area contributed by atoms with Crippen molar-refractivity contribution in [2.45, 2.75) is 32.5 Å². The van der Waals surface area contributed by atoms with E-state index in [1.54, 1.807) is 14.2 Å². The monoisotopic (exact) mass is 238 g/mol. The molecule has 1 aromatic rings. The Kier molecular flexibility index (Phi) is 4.97. The van der Waals surface area contributed by atoms with Crippen molar-refractivity contribution in [3.05, 3.63) is 29.8 Å². The Labute approximate surface area is 104 Å². The first kappa shape index (κ1) is 14.0. The van der Waals surface area contributed by atoms with E-state index in [0.29, 0.717) is 6.61 Å². The molecule has 0 saturated carbocycles. The molecule has 0 aliphatic heterocycles. The zero-order chi connectivity index (χ0) is 12.9. The number of benzene rings is 1. The summed E-state index contributed by atoms with van der Waals surface area (Å²) in [6.45, 7) is 6.93. The van der Waals surface area contributed by atoms with Gasteiger partial charge in [-0.3, -0.25) is 0 Å². The molecular formula is C14H22O3. The van der Waals surface area contributed by atoms with Crippen LogP contribution in [0.4, 0.5) is 0 Å².